The Labute approximate surface area is 117 Å². The van der Waals surface area contributed by atoms with Gasteiger partial charge in [-0.2, -0.15) is 0 Å². The van der Waals surface area contributed by atoms with E-state index in [4.69, 9.17) is 5.11 Å². The molecule has 0 aromatic heterocycles. The van der Waals surface area contributed by atoms with Gasteiger partial charge >= 0.3 is 5.97 Å². The minimum atomic E-state index is -0.728. The molecule has 0 unspecified atom stereocenters. The van der Waals surface area contributed by atoms with Gasteiger partial charge in [0.1, 0.15) is 0 Å². The predicted molar refractivity (Wildman–Crippen MR) is 78.2 cm³/mol. The van der Waals surface area contributed by atoms with Gasteiger partial charge in [0, 0.05) is 12.8 Å². The van der Waals surface area contributed by atoms with E-state index in [9.17, 15) is 9.59 Å². The Morgan fingerprint density at radius 1 is 0.895 bits per heavy atom. The van der Waals surface area contributed by atoms with E-state index in [1.54, 1.807) is 6.08 Å². The first-order valence-electron chi connectivity index (χ1n) is 7.58. The van der Waals surface area contributed by atoms with E-state index in [1.165, 1.54) is 19.3 Å². The second-order valence-electron chi connectivity index (χ2n) is 5.03. The molecule has 0 aliphatic carbocycles. The molecule has 0 bridgehead atoms. The monoisotopic (exact) mass is 268 g/mol. The molecule has 1 N–H and O–H groups in total. The van der Waals surface area contributed by atoms with Crippen LogP contribution in [0, 0.1) is 0 Å². The van der Waals surface area contributed by atoms with Crippen LogP contribution >= 0.6 is 0 Å². The third kappa shape index (κ3) is 14.8. The summed E-state index contributed by atoms with van der Waals surface area (Å²) in [6, 6.07) is 0. The number of aliphatic carboxylic acids is 1. The molecule has 0 spiro atoms. The van der Waals surface area contributed by atoms with Gasteiger partial charge in [-0.25, -0.2) is 0 Å². The third-order valence-electron chi connectivity index (χ3n) is 3.09. The van der Waals surface area contributed by atoms with Gasteiger partial charge in [0.25, 0.3) is 0 Å². The molecule has 0 radical (unpaired) electrons. The smallest absolute Gasteiger partial charge is 0.303 e. The molecular formula is C16H28O3. The second-order valence-corrected chi connectivity index (χ2v) is 5.03. The van der Waals surface area contributed by atoms with Crippen molar-refractivity contribution in [2.75, 3.05) is 0 Å². The van der Waals surface area contributed by atoms with Crippen molar-refractivity contribution in [3.63, 3.8) is 0 Å². The van der Waals surface area contributed by atoms with Gasteiger partial charge in [0.2, 0.25) is 0 Å². The number of ketones is 1. The van der Waals surface area contributed by atoms with E-state index in [-0.39, 0.29) is 12.2 Å². The Kier molecular flexibility index (Phi) is 12.5. The van der Waals surface area contributed by atoms with E-state index in [1.807, 2.05) is 6.08 Å². The van der Waals surface area contributed by atoms with Crippen LogP contribution in [-0.2, 0) is 9.59 Å². The Balaban J connectivity index is 3.34. The van der Waals surface area contributed by atoms with Gasteiger partial charge in [-0.1, -0.05) is 45.1 Å². The van der Waals surface area contributed by atoms with Crippen LogP contribution in [0.4, 0.5) is 0 Å². The van der Waals surface area contributed by atoms with Crippen molar-refractivity contribution in [2.24, 2.45) is 0 Å². The molecular weight excluding hydrogens is 240 g/mol. The number of allylic oxidation sites excluding steroid dienone is 2. The largest absolute Gasteiger partial charge is 0.481 e. The van der Waals surface area contributed by atoms with Gasteiger partial charge < -0.3 is 5.11 Å². The number of carboxylic acid groups (broad SMARTS) is 1. The zero-order valence-electron chi connectivity index (χ0n) is 12.2. The van der Waals surface area contributed by atoms with Crippen molar-refractivity contribution in [1.29, 1.82) is 0 Å². The van der Waals surface area contributed by atoms with Gasteiger partial charge in [-0.05, 0) is 31.8 Å². The predicted octanol–water partition coefficient (Wildman–Crippen LogP) is 4.51. The SMILES string of the molecule is CCCCCCCC(=O)/C=C/CCCCCC(=O)O. The number of rotatable bonds is 13. The van der Waals surface area contributed by atoms with Crippen molar-refractivity contribution in [3.05, 3.63) is 12.2 Å². The van der Waals surface area contributed by atoms with Gasteiger partial charge in [0.05, 0.1) is 0 Å². The lowest BCUT2D eigenvalue weighted by molar-refractivity contribution is -0.137. The highest BCUT2D eigenvalue weighted by molar-refractivity contribution is 5.89. The fraction of sp³-hybridized carbons (Fsp3) is 0.750. The topological polar surface area (TPSA) is 54.4 Å². The molecule has 0 aliphatic rings. The number of unbranched alkanes of at least 4 members (excludes halogenated alkanes) is 7. The van der Waals surface area contributed by atoms with Crippen LogP contribution in [-0.4, -0.2) is 16.9 Å². The Morgan fingerprint density at radius 2 is 1.53 bits per heavy atom. The quantitative estimate of drug-likeness (QED) is 0.395. The zero-order valence-corrected chi connectivity index (χ0v) is 12.2. The summed E-state index contributed by atoms with van der Waals surface area (Å²) in [7, 11) is 0. The van der Waals surface area contributed by atoms with Crippen molar-refractivity contribution in [2.45, 2.75) is 77.6 Å². The fourth-order valence-corrected chi connectivity index (χ4v) is 1.92. The molecule has 0 fully saturated rings. The maximum Gasteiger partial charge on any atom is 0.303 e. The summed E-state index contributed by atoms with van der Waals surface area (Å²) in [6.07, 6.45) is 13.9. The number of carbonyl (C=O) groups is 2. The zero-order chi connectivity index (χ0) is 14.3. The standard InChI is InChI=1S/C16H28O3/c1-2-3-4-6-9-12-15(17)13-10-7-5-8-11-14-16(18)19/h10,13H,2-9,11-12,14H2,1H3,(H,18,19)/b13-10+. The maximum atomic E-state index is 11.5. The number of carboxylic acids is 1. The average Bonchev–Trinajstić information content (AvgIpc) is 2.37. The van der Waals surface area contributed by atoms with E-state index < -0.39 is 5.97 Å². The summed E-state index contributed by atoms with van der Waals surface area (Å²) in [6.45, 7) is 2.18. The normalized spacial score (nSPS) is 11.0. The molecule has 19 heavy (non-hydrogen) atoms. The van der Waals surface area contributed by atoms with E-state index in [0.717, 1.165) is 38.5 Å². The van der Waals surface area contributed by atoms with Crippen LogP contribution in [0.5, 0.6) is 0 Å². The van der Waals surface area contributed by atoms with E-state index in [2.05, 4.69) is 6.92 Å². The van der Waals surface area contributed by atoms with Gasteiger partial charge in [-0.15, -0.1) is 0 Å². The lowest BCUT2D eigenvalue weighted by Gasteiger charge is -1.98. The molecule has 0 aliphatic heterocycles. The molecule has 0 saturated heterocycles. The Hall–Kier alpha value is -1.12. The summed E-state index contributed by atoms with van der Waals surface area (Å²) in [5.41, 5.74) is 0. The lowest BCUT2D eigenvalue weighted by Crippen LogP contribution is -1.93. The highest BCUT2D eigenvalue weighted by Gasteiger charge is 1.97. The summed E-state index contributed by atoms with van der Waals surface area (Å²) in [5.74, 6) is -0.504. The summed E-state index contributed by atoms with van der Waals surface area (Å²) in [5, 5.41) is 8.47. The van der Waals surface area contributed by atoms with Crippen molar-refractivity contribution < 1.29 is 14.7 Å². The molecule has 0 saturated carbocycles. The van der Waals surface area contributed by atoms with Crippen molar-refractivity contribution >= 4 is 11.8 Å². The third-order valence-corrected chi connectivity index (χ3v) is 3.09. The summed E-state index contributed by atoms with van der Waals surface area (Å²) in [4.78, 5) is 21.8. The molecule has 0 rings (SSSR count). The van der Waals surface area contributed by atoms with Gasteiger partial charge in [-0.3, -0.25) is 9.59 Å². The molecule has 0 atom stereocenters. The number of hydrogen-bond donors (Lipinski definition) is 1. The first kappa shape index (κ1) is 17.9. The second kappa shape index (κ2) is 13.3. The van der Waals surface area contributed by atoms with Gasteiger partial charge in [0.15, 0.2) is 5.78 Å². The number of hydrogen-bond acceptors (Lipinski definition) is 2. The average molecular weight is 268 g/mol. The molecule has 3 nitrogen and oxygen atoms in total. The highest BCUT2D eigenvalue weighted by Crippen LogP contribution is 2.07. The van der Waals surface area contributed by atoms with Crippen LogP contribution < -0.4 is 0 Å². The summed E-state index contributed by atoms with van der Waals surface area (Å²) < 4.78 is 0. The van der Waals surface area contributed by atoms with Crippen LogP contribution in [0.1, 0.15) is 77.6 Å². The summed E-state index contributed by atoms with van der Waals surface area (Å²) >= 11 is 0. The number of carbonyl (C=O) groups excluding carboxylic acids is 1. The molecule has 0 heterocycles. The Bertz CT molecular complexity index is 269. The molecule has 3 heteroatoms. The molecule has 0 amide bonds. The van der Waals surface area contributed by atoms with Crippen LogP contribution in [0.2, 0.25) is 0 Å². The molecule has 0 aromatic rings. The van der Waals surface area contributed by atoms with Crippen LogP contribution in [0.15, 0.2) is 12.2 Å². The van der Waals surface area contributed by atoms with Crippen LogP contribution in [0.3, 0.4) is 0 Å². The first-order valence-corrected chi connectivity index (χ1v) is 7.58. The van der Waals surface area contributed by atoms with Crippen molar-refractivity contribution in [1.82, 2.24) is 0 Å². The van der Waals surface area contributed by atoms with E-state index in [0.29, 0.717) is 6.42 Å². The van der Waals surface area contributed by atoms with E-state index >= 15 is 0 Å². The maximum absolute atomic E-state index is 11.5. The first-order chi connectivity index (χ1) is 9.16. The molecule has 0 aromatic carbocycles. The van der Waals surface area contributed by atoms with Crippen molar-refractivity contribution in [3.8, 4) is 0 Å². The van der Waals surface area contributed by atoms with Crippen LogP contribution in [0.25, 0.3) is 0 Å². The minimum absolute atomic E-state index is 0.224. The lowest BCUT2D eigenvalue weighted by atomic mass is 10.1. The Morgan fingerprint density at radius 3 is 2.21 bits per heavy atom. The highest BCUT2D eigenvalue weighted by atomic mass is 16.4. The minimum Gasteiger partial charge on any atom is -0.481 e. The fourth-order valence-electron chi connectivity index (χ4n) is 1.92. The molecule has 110 valence electrons.